The highest BCUT2D eigenvalue weighted by molar-refractivity contribution is 5.84. The van der Waals surface area contributed by atoms with Gasteiger partial charge in [0.15, 0.2) is 5.76 Å². The third kappa shape index (κ3) is 2.72. The molecule has 1 fully saturated rings. The summed E-state index contributed by atoms with van der Waals surface area (Å²) in [6.07, 6.45) is 1.70. The summed E-state index contributed by atoms with van der Waals surface area (Å²) >= 11 is 0. The molecule has 2 heterocycles. The molecule has 1 atom stereocenters. The summed E-state index contributed by atoms with van der Waals surface area (Å²) in [6, 6.07) is 1.88. The van der Waals surface area contributed by atoms with Crippen LogP contribution in [0.3, 0.4) is 0 Å². The summed E-state index contributed by atoms with van der Waals surface area (Å²) in [7, 11) is 0. The smallest absolute Gasteiger partial charge is 0.252 e. The fourth-order valence-electron chi connectivity index (χ4n) is 2.00. The van der Waals surface area contributed by atoms with E-state index in [1.54, 1.807) is 0 Å². The Morgan fingerprint density at radius 1 is 1.61 bits per heavy atom. The lowest BCUT2D eigenvalue weighted by Gasteiger charge is -2.21. The van der Waals surface area contributed by atoms with Gasteiger partial charge in [0.1, 0.15) is 5.60 Å². The maximum Gasteiger partial charge on any atom is 0.252 e. The molecule has 100 valence electrons. The van der Waals surface area contributed by atoms with Gasteiger partial charge in [0, 0.05) is 12.7 Å². The van der Waals surface area contributed by atoms with Crippen LogP contribution >= 0.6 is 0 Å². The average molecular weight is 252 g/mol. The first-order valence-electron chi connectivity index (χ1n) is 6.39. The molecule has 1 aliphatic rings. The molecule has 5 nitrogen and oxygen atoms in total. The Morgan fingerprint density at radius 2 is 2.39 bits per heavy atom. The van der Waals surface area contributed by atoms with E-state index in [9.17, 15) is 4.79 Å². The summed E-state index contributed by atoms with van der Waals surface area (Å²) in [4.78, 5) is 12.0. The molecule has 0 aliphatic carbocycles. The second-order valence-electron chi connectivity index (χ2n) is 5.24. The zero-order valence-corrected chi connectivity index (χ0v) is 11.2. The minimum Gasteiger partial charge on any atom is -0.365 e. The molecule has 0 radical (unpaired) electrons. The van der Waals surface area contributed by atoms with Crippen LogP contribution < -0.4 is 5.32 Å². The standard InChI is InChI=1S/C13H20N2O3/c1-9(2)11-7-10(18-15-11)8-14-12(16)13(3)5-4-6-17-13/h7,9H,4-6,8H2,1-3H3,(H,14,16). The largest absolute Gasteiger partial charge is 0.365 e. The molecule has 1 aliphatic heterocycles. The van der Waals surface area contributed by atoms with Crippen molar-refractivity contribution in [3.8, 4) is 0 Å². The van der Waals surface area contributed by atoms with E-state index in [1.165, 1.54) is 0 Å². The maximum atomic E-state index is 12.0. The van der Waals surface area contributed by atoms with Crippen LogP contribution in [0.5, 0.6) is 0 Å². The minimum absolute atomic E-state index is 0.0810. The molecule has 0 spiro atoms. The number of carbonyl (C=O) groups excluding carboxylic acids is 1. The summed E-state index contributed by atoms with van der Waals surface area (Å²) in [5.41, 5.74) is 0.226. The van der Waals surface area contributed by atoms with Crippen LogP contribution in [0.2, 0.25) is 0 Å². The van der Waals surface area contributed by atoms with Crippen molar-refractivity contribution in [3.05, 3.63) is 17.5 Å². The molecular weight excluding hydrogens is 232 g/mol. The lowest BCUT2D eigenvalue weighted by Crippen LogP contribution is -2.43. The molecule has 1 saturated heterocycles. The van der Waals surface area contributed by atoms with Crippen molar-refractivity contribution in [1.82, 2.24) is 10.5 Å². The maximum absolute atomic E-state index is 12.0. The number of nitrogens with one attached hydrogen (secondary N) is 1. The van der Waals surface area contributed by atoms with E-state index >= 15 is 0 Å². The van der Waals surface area contributed by atoms with Gasteiger partial charge in [-0.15, -0.1) is 0 Å². The summed E-state index contributed by atoms with van der Waals surface area (Å²) < 4.78 is 10.6. The van der Waals surface area contributed by atoms with Crippen molar-refractivity contribution in [2.24, 2.45) is 0 Å². The molecule has 1 unspecified atom stereocenters. The van der Waals surface area contributed by atoms with Gasteiger partial charge in [0.05, 0.1) is 12.2 Å². The van der Waals surface area contributed by atoms with Crippen molar-refractivity contribution in [3.63, 3.8) is 0 Å². The summed E-state index contributed by atoms with van der Waals surface area (Å²) in [5.74, 6) is 0.921. The van der Waals surface area contributed by atoms with Gasteiger partial charge in [0.25, 0.3) is 5.91 Å². The number of amides is 1. The molecule has 0 bridgehead atoms. The summed E-state index contributed by atoms with van der Waals surface area (Å²) in [6.45, 7) is 6.94. The average Bonchev–Trinajstić information content (AvgIpc) is 2.95. The highest BCUT2D eigenvalue weighted by atomic mass is 16.5. The number of rotatable bonds is 4. The Balaban J connectivity index is 1.89. The molecular formula is C13H20N2O3. The van der Waals surface area contributed by atoms with Crippen molar-refractivity contribution < 1.29 is 14.1 Å². The first kappa shape index (κ1) is 13.1. The van der Waals surface area contributed by atoms with Gasteiger partial charge in [-0.1, -0.05) is 19.0 Å². The zero-order valence-electron chi connectivity index (χ0n) is 11.2. The molecule has 1 aromatic heterocycles. The minimum atomic E-state index is -0.680. The Morgan fingerprint density at radius 3 is 2.94 bits per heavy atom. The van der Waals surface area contributed by atoms with Gasteiger partial charge < -0.3 is 14.6 Å². The van der Waals surface area contributed by atoms with Crippen molar-refractivity contribution in [2.75, 3.05) is 6.61 Å². The van der Waals surface area contributed by atoms with E-state index in [-0.39, 0.29) is 5.91 Å². The van der Waals surface area contributed by atoms with Crippen molar-refractivity contribution in [1.29, 1.82) is 0 Å². The second kappa shape index (κ2) is 5.10. The third-order valence-electron chi connectivity index (χ3n) is 3.29. The van der Waals surface area contributed by atoms with Gasteiger partial charge >= 0.3 is 0 Å². The number of aromatic nitrogens is 1. The Labute approximate surface area is 107 Å². The fraction of sp³-hybridized carbons (Fsp3) is 0.692. The van der Waals surface area contributed by atoms with Gasteiger partial charge in [-0.3, -0.25) is 4.79 Å². The van der Waals surface area contributed by atoms with E-state index in [0.29, 0.717) is 24.8 Å². The molecule has 1 N–H and O–H groups in total. The van der Waals surface area contributed by atoms with Crippen LogP contribution in [0, 0.1) is 0 Å². The van der Waals surface area contributed by atoms with Gasteiger partial charge in [-0.2, -0.15) is 0 Å². The van der Waals surface area contributed by atoms with Gasteiger partial charge in [-0.05, 0) is 25.7 Å². The van der Waals surface area contributed by atoms with Crippen LogP contribution in [-0.2, 0) is 16.1 Å². The van der Waals surface area contributed by atoms with E-state index in [4.69, 9.17) is 9.26 Å². The van der Waals surface area contributed by atoms with Crippen LogP contribution in [0.25, 0.3) is 0 Å². The SMILES string of the molecule is CC(C)c1cc(CNC(=O)C2(C)CCCO2)on1. The number of hydrogen-bond acceptors (Lipinski definition) is 4. The Kier molecular flexibility index (Phi) is 3.71. The van der Waals surface area contributed by atoms with Crippen LogP contribution in [0.4, 0.5) is 0 Å². The Hall–Kier alpha value is -1.36. The van der Waals surface area contributed by atoms with Gasteiger partial charge in [0.2, 0.25) is 0 Å². The number of hydrogen-bond donors (Lipinski definition) is 1. The molecule has 18 heavy (non-hydrogen) atoms. The quantitative estimate of drug-likeness (QED) is 0.890. The van der Waals surface area contributed by atoms with Crippen molar-refractivity contribution >= 4 is 5.91 Å². The van der Waals surface area contributed by atoms with Crippen molar-refractivity contribution in [2.45, 2.75) is 51.7 Å². The topological polar surface area (TPSA) is 64.4 Å². The van der Waals surface area contributed by atoms with E-state index in [1.807, 2.05) is 26.8 Å². The summed E-state index contributed by atoms with van der Waals surface area (Å²) in [5, 5.41) is 6.79. The van der Waals surface area contributed by atoms with Crippen LogP contribution in [-0.4, -0.2) is 23.3 Å². The van der Waals surface area contributed by atoms with E-state index < -0.39 is 5.60 Å². The van der Waals surface area contributed by atoms with E-state index in [2.05, 4.69) is 10.5 Å². The number of carbonyl (C=O) groups is 1. The number of ether oxygens (including phenoxy) is 1. The Bertz CT molecular complexity index is 420. The molecule has 5 heteroatoms. The molecule has 1 aromatic rings. The first-order chi connectivity index (χ1) is 8.51. The monoisotopic (exact) mass is 252 g/mol. The highest BCUT2D eigenvalue weighted by Gasteiger charge is 2.37. The zero-order chi connectivity index (χ0) is 13.2. The highest BCUT2D eigenvalue weighted by Crippen LogP contribution is 2.25. The number of nitrogens with zero attached hydrogens (tertiary/aromatic N) is 1. The van der Waals surface area contributed by atoms with Gasteiger partial charge in [-0.25, -0.2) is 0 Å². The lowest BCUT2D eigenvalue weighted by molar-refractivity contribution is -0.139. The van der Waals surface area contributed by atoms with E-state index in [0.717, 1.165) is 18.5 Å². The normalized spacial score (nSPS) is 23.6. The third-order valence-corrected chi connectivity index (χ3v) is 3.29. The first-order valence-corrected chi connectivity index (χ1v) is 6.39. The second-order valence-corrected chi connectivity index (χ2v) is 5.24. The molecule has 2 rings (SSSR count). The molecule has 0 aromatic carbocycles. The van der Waals surface area contributed by atoms with Crippen LogP contribution in [0.1, 0.15) is 51.0 Å². The molecule has 0 saturated carbocycles. The molecule has 1 amide bonds. The fourth-order valence-corrected chi connectivity index (χ4v) is 2.00. The predicted octanol–water partition coefficient (Wildman–Crippen LogP) is 1.98. The predicted molar refractivity (Wildman–Crippen MR) is 66.0 cm³/mol. The lowest BCUT2D eigenvalue weighted by atomic mass is 10.0. The van der Waals surface area contributed by atoms with Crippen LogP contribution in [0.15, 0.2) is 10.6 Å².